The Labute approximate surface area is 137 Å². The highest BCUT2D eigenvalue weighted by atomic mass is 32.2. The summed E-state index contributed by atoms with van der Waals surface area (Å²) in [5.41, 5.74) is -0.183. The van der Waals surface area contributed by atoms with Crippen LogP contribution in [0.5, 0.6) is 5.75 Å². The number of nitrogens with one attached hydrogen (secondary N) is 1. The summed E-state index contributed by atoms with van der Waals surface area (Å²) in [6.45, 7) is 0.358. The topological polar surface area (TPSA) is 55.4 Å². The highest BCUT2D eigenvalue weighted by Crippen LogP contribution is 2.33. The molecule has 0 amide bonds. The first-order valence-electron chi connectivity index (χ1n) is 7.19. The Bertz CT molecular complexity index is 832. The average molecular weight is 357 g/mol. The van der Waals surface area contributed by atoms with Crippen molar-refractivity contribution in [1.29, 1.82) is 0 Å². The SMILES string of the molecule is O=S(=O)(NC1CCOc2ccccc21)c1ccc(C(F)(F)F)cc1. The molecule has 2 aromatic rings. The fourth-order valence-corrected chi connectivity index (χ4v) is 3.79. The van der Waals surface area contributed by atoms with Gasteiger partial charge in [0.15, 0.2) is 0 Å². The number of benzene rings is 2. The van der Waals surface area contributed by atoms with Gasteiger partial charge in [0.25, 0.3) is 0 Å². The Morgan fingerprint density at radius 1 is 1.04 bits per heavy atom. The van der Waals surface area contributed by atoms with Crippen molar-refractivity contribution in [3.05, 3.63) is 59.7 Å². The first-order chi connectivity index (χ1) is 11.3. The molecule has 0 aliphatic carbocycles. The van der Waals surface area contributed by atoms with E-state index in [1.807, 2.05) is 0 Å². The number of hydrogen-bond acceptors (Lipinski definition) is 3. The van der Waals surface area contributed by atoms with Gasteiger partial charge >= 0.3 is 6.18 Å². The second-order valence-corrected chi connectivity index (χ2v) is 7.08. The van der Waals surface area contributed by atoms with Crippen molar-refractivity contribution in [2.75, 3.05) is 6.61 Å². The van der Waals surface area contributed by atoms with Crippen LogP contribution in [0.4, 0.5) is 13.2 Å². The number of halogens is 3. The number of ether oxygens (including phenoxy) is 1. The Morgan fingerprint density at radius 3 is 2.38 bits per heavy atom. The van der Waals surface area contributed by atoms with Gasteiger partial charge in [-0.2, -0.15) is 13.2 Å². The highest BCUT2D eigenvalue weighted by Gasteiger charge is 2.31. The smallest absolute Gasteiger partial charge is 0.416 e. The van der Waals surface area contributed by atoms with Gasteiger partial charge in [0.1, 0.15) is 5.75 Å². The highest BCUT2D eigenvalue weighted by molar-refractivity contribution is 7.89. The van der Waals surface area contributed by atoms with Crippen LogP contribution in [-0.2, 0) is 16.2 Å². The minimum atomic E-state index is -4.50. The summed E-state index contributed by atoms with van der Waals surface area (Å²) >= 11 is 0. The lowest BCUT2D eigenvalue weighted by Crippen LogP contribution is -2.32. The summed E-state index contributed by atoms with van der Waals surface area (Å²) in [4.78, 5) is -0.209. The van der Waals surface area contributed by atoms with Gasteiger partial charge in [0.05, 0.1) is 23.1 Å². The number of rotatable bonds is 3. The molecule has 1 aliphatic rings. The van der Waals surface area contributed by atoms with Crippen molar-refractivity contribution in [1.82, 2.24) is 4.72 Å². The van der Waals surface area contributed by atoms with Gasteiger partial charge in [-0.15, -0.1) is 0 Å². The Hall–Kier alpha value is -2.06. The van der Waals surface area contributed by atoms with Crippen molar-refractivity contribution >= 4 is 10.0 Å². The number of fused-ring (bicyclic) bond motifs is 1. The molecule has 0 spiro atoms. The summed E-state index contributed by atoms with van der Waals surface area (Å²) in [5.74, 6) is 0.601. The van der Waals surface area contributed by atoms with E-state index in [1.165, 1.54) is 0 Å². The molecule has 24 heavy (non-hydrogen) atoms. The molecular weight excluding hydrogens is 343 g/mol. The molecule has 0 fully saturated rings. The number of para-hydroxylation sites is 1. The minimum absolute atomic E-state index is 0.209. The quantitative estimate of drug-likeness (QED) is 0.915. The van der Waals surface area contributed by atoms with Crippen LogP contribution < -0.4 is 9.46 Å². The predicted molar refractivity (Wildman–Crippen MR) is 81.1 cm³/mol. The third-order valence-corrected chi connectivity index (χ3v) is 5.24. The van der Waals surface area contributed by atoms with Crippen molar-refractivity contribution in [2.45, 2.75) is 23.5 Å². The van der Waals surface area contributed by atoms with E-state index in [9.17, 15) is 21.6 Å². The van der Waals surface area contributed by atoms with Crippen LogP contribution in [0, 0.1) is 0 Å². The van der Waals surface area contributed by atoms with Gasteiger partial charge in [-0.05, 0) is 30.3 Å². The van der Waals surface area contributed by atoms with E-state index in [4.69, 9.17) is 4.74 Å². The Morgan fingerprint density at radius 2 is 1.71 bits per heavy atom. The summed E-state index contributed by atoms with van der Waals surface area (Å²) in [7, 11) is -3.94. The Kier molecular flexibility index (Phi) is 4.27. The average Bonchev–Trinajstić information content (AvgIpc) is 2.54. The molecule has 128 valence electrons. The van der Waals surface area contributed by atoms with Crippen LogP contribution in [0.3, 0.4) is 0 Å². The zero-order chi connectivity index (χ0) is 17.4. The Balaban J connectivity index is 1.85. The van der Waals surface area contributed by atoms with Crippen LogP contribution in [0.2, 0.25) is 0 Å². The molecule has 0 saturated heterocycles. The minimum Gasteiger partial charge on any atom is -0.493 e. The van der Waals surface area contributed by atoms with Gasteiger partial charge in [-0.25, -0.2) is 13.1 Å². The van der Waals surface area contributed by atoms with E-state index in [0.717, 1.165) is 24.3 Å². The number of sulfonamides is 1. The number of hydrogen-bond donors (Lipinski definition) is 1. The largest absolute Gasteiger partial charge is 0.493 e. The van der Waals surface area contributed by atoms with E-state index in [2.05, 4.69) is 4.72 Å². The van der Waals surface area contributed by atoms with Crippen LogP contribution in [0.25, 0.3) is 0 Å². The van der Waals surface area contributed by atoms with Crippen molar-refractivity contribution < 1.29 is 26.3 Å². The van der Waals surface area contributed by atoms with E-state index in [0.29, 0.717) is 24.3 Å². The number of alkyl halides is 3. The van der Waals surface area contributed by atoms with Gasteiger partial charge in [0, 0.05) is 12.0 Å². The van der Waals surface area contributed by atoms with Gasteiger partial charge in [0.2, 0.25) is 10.0 Å². The second kappa shape index (κ2) is 6.10. The van der Waals surface area contributed by atoms with Crippen LogP contribution in [-0.4, -0.2) is 15.0 Å². The monoisotopic (exact) mass is 357 g/mol. The first kappa shape index (κ1) is 16.8. The second-order valence-electron chi connectivity index (χ2n) is 5.37. The molecule has 1 unspecified atom stereocenters. The van der Waals surface area contributed by atoms with Gasteiger partial charge in [-0.1, -0.05) is 18.2 Å². The normalized spacial score (nSPS) is 17.9. The van der Waals surface area contributed by atoms with Crippen molar-refractivity contribution in [2.24, 2.45) is 0 Å². The van der Waals surface area contributed by atoms with E-state index >= 15 is 0 Å². The zero-order valence-electron chi connectivity index (χ0n) is 12.4. The first-order valence-corrected chi connectivity index (χ1v) is 8.67. The summed E-state index contributed by atoms with van der Waals surface area (Å²) in [5, 5.41) is 0. The van der Waals surface area contributed by atoms with E-state index in [1.54, 1.807) is 24.3 Å². The summed E-state index contributed by atoms with van der Waals surface area (Å²) in [6, 6.07) is 9.99. The van der Waals surface area contributed by atoms with E-state index < -0.39 is 27.8 Å². The van der Waals surface area contributed by atoms with Crippen LogP contribution in [0.1, 0.15) is 23.6 Å². The van der Waals surface area contributed by atoms with Crippen molar-refractivity contribution in [3.63, 3.8) is 0 Å². The van der Waals surface area contributed by atoms with Crippen molar-refractivity contribution in [3.8, 4) is 5.75 Å². The molecule has 0 radical (unpaired) electrons. The zero-order valence-corrected chi connectivity index (χ0v) is 13.2. The third kappa shape index (κ3) is 3.39. The molecule has 0 saturated carbocycles. The standard InChI is InChI=1S/C16H14F3NO3S/c17-16(18,19)11-5-7-12(8-6-11)24(21,22)20-14-9-10-23-15-4-2-1-3-13(14)15/h1-8,14,20H,9-10H2. The van der Waals surface area contributed by atoms with Crippen LogP contribution >= 0.6 is 0 Å². The van der Waals surface area contributed by atoms with Gasteiger partial charge < -0.3 is 4.74 Å². The molecule has 1 atom stereocenters. The molecule has 1 N–H and O–H groups in total. The van der Waals surface area contributed by atoms with Gasteiger partial charge in [-0.3, -0.25) is 0 Å². The maximum Gasteiger partial charge on any atom is 0.416 e. The fourth-order valence-electron chi connectivity index (χ4n) is 2.54. The molecule has 0 bridgehead atoms. The molecule has 1 aliphatic heterocycles. The molecule has 3 rings (SSSR count). The lowest BCUT2D eigenvalue weighted by molar-refractivity contribution is -0.137. The molecular formula is C16H14F3NO3S. The fraction of sp³-hybridized carbons (Fsp3) is 0.250. The molecule has 4 nitrogen and oxygen atoms in total. The third-order valence-electron chi connectivity index (χ3n) is 3.75. The lowest BCUT2D eigenvalue weighted by Gasteiger charge is -2.26. The maximum atomic E-state index is 12.6. The lowest BCUT2D eigenvalue weighted by atomic mass is 10.0. The molecule has 2 aromatic carbocycles. The van der Waals surface area contributed by atoms with E-state index in [-0.39, 0.29) is 4.90 Å². The van der Waals surface area contributed by atoms with Crippen LogP contribution in [0.15, 0.2) is 53.4 Å². The molecule has 1 heterocycles. The maximum absolute atomic E-state index is 12.6. The molecule has 8 heteroatoms. The summed E-state index contributed by atoms with van der Waals surface area (Å²) in [6.07, 6.45) is -4.06. The predicted octanol–water partition coefficient (Wildman–Crippen LogP) is 3.51. The molecule has 0 aromatic heterocycles. The summed E-state index contributed by atoms with van der Waals surface area (Å²) < 4.78 is 70.6.